The van der Waals surface area contributed by atoms with E-state index in [-0.39, 0.29) is 0 Å². The SMILES string of the molecule is COCCNCC1CCCN1c1nccnc1C. The van der Waals surface area contributed by atoms with Gasteiger partial charge in [0, 0.05) is 45.2 Å². The molecule has 1 aromatic rings. The summed E-state index contributed by atoms with van der Waals surface area (Å²) in [5.41, 5.74) is 1.02. The average molecular weight is 250 g/mol. The van der Waals surface area contributed by atoms with Gasteiger partial charge in [-0.15, -0.1) is 0 Å². The fourth-order valence-corrected chi connectivity index (χ4v) is 2.45. The number of nitrogens with zero attached hydrogens (tertiary/aromatic N) is 3. The number of nitrogens with one attached hydrogen (secondary N) is 1. The highest BCUT2D eigenvalue weighted by molar-refractivity contribution is 5.44. The third kappa shape index (κ3) is 3.17. The molecule has 100 valence electrons. The highest BCUT2D eigenvalue weighted by Gasteiger charge is 2.26. The van der Waals surface area contributed by atoms with E-state index in [0.29, 0.717) is 6.04 Å². The van der Waals surface area contributed by atoms with Crippen molar-refractivity contribution in [2.75, 3.05) is 38.3 Å². The molecule has 0 aliphatic carbocycles. The maximum atomic E-state index is 5.04. The van der Waals surface area contributed by atoms with Crippen LogP contribution >= 0.6 is 0 Å². The van der Waals surface area contributed by atoms with Crippen molar-refractivity contribution in [2.45, 2.75) is 25.8 Å². The van der Waals surface area contributed by atoms with Gasteiger partial charge >= 0.3 is 0 Å². The Morgan fingerprint density at radius 1 is 1.44 bits per heavy atom. The first-order valence-electron chi connectivity index (χ1n) is 6.57. The summed E-state index contributed by atoms with van der Waals surface area (Å²) in [6, 6.07) is 0.525. The Hall–Kier alpha value is -1.20. The Morgan fingerprint density at radius 3 is 3.06 bits per heavy atom. The van der Waals surface area contributed by atoms with Crippen molar-refractivity contribution < 1.29 is 4.74 Å². The molecule has 0 radical (unpaired) electrons. The number of aromatic nitrogens is 2. The zero-order valence-electron chi connectivity index (χ0n) is 11.2. The van der Waals surface area contributed by atoms with Gasteiger partial charge < -0.3 is 15.0 Å². The van der Waals surface area contributed by atoms with Crippen LogP contribution in [0.5, 0.6) is 0 Å². The second-order valence-corrected chi connectivity index (χ2v) is 4.65. The molecule has 1 unspecified atom stereocenters. The van der Waals surface area contributed by atoms with Crippen LogP contribution in [0.15, 0.2) is 12.4 Å². The molecular formula is C13H22N4O. The van der Waals surface area contributed by atoms with Gasteiger partial charge in [-0.3, -0.25) is 4.98 Å². The molecule has 0 bridgehead atoms. The standard InChI is InChI=1S/C13H22N4O/c1-11-13(16-6-5-15-11)17-8-3-4-12(17)10-14-7-9-18-2/h5-6,12,14H,3-4,7-10H2,1-2H3. The quantitative estimate of drug-likeness (QED) is 0.763. The molecule has 1 aromatic heterocycles. The maximum Gasteiger partial charge on any atom is 0.150 e. The fraction of sp³-hybridized carbons (Fsp3) is 0.692. The lowest BCUT2D eigenvalue weighted by atomic mass is 10.2. The van der Waals surface area contributed by atoms with E-state index in [1.165, 1.54) is 12.8 Å². The highest BCUT2D eigenvalue weighted by atomic mass is 16.5. The molecule has 2 rings (SSSR count). The van der Waals surface area contributed by atoms with Crippen molar-refractivity contribution in [2.24, 2.45) is 0 Å². The maximum absolute atomic E-state index is 5.04. The van der Waals surface area contributed by atoms with Gasteiger partial charge in [-0.25, -0.2) is 4.98 Å². The Labute approximate surface area is 109 Å². The van der Waals surface area contributed by atoms with E-state index in [0.717, 1.165) is 37.8 Å². The lowest BCUT2D eigenvalue weighted by Crippen LogP contribution is -2.39. The summed E-state index contributed by atoms with van der Waals surface area (Å²) in [6.07, 6.45) is 5.97. The Kier molecular flexibility index (Phi) is 4.90. The smallest absolute Gasteiger partial charge is 0.150 e. The van der Waals surface area contributed by atoms with Crippen molar-refractivity contribution in [3.8, 4) is 0 Å². The zero-order chi connectivity index (χ0) is 12.8. The van der Waals surface area contributed by atoms with E-state index in [4.69, 9.17) is 4.74 Å². The van der Waals surface area contributed by atoms with Crippen molar-refractivity contribution in [1.82, 2.24) is 15.3 Å². The minimum Gasteiger partial charge on any atom is -0.383 e. The van der Waals surface area contributed by atoms with E-state index in [2.05, 4.69) is 20.2 Å². The molecule has 0 saturated carbocycles. The summed E-state index contributed by atoms with van der Waals surface area (Å²) >= 11 is 0. The third-order valence-electron chi connectivity index (χ3n) is 3.37. The van der Waals surface area contributed by atoms with E-state index >= 15 is 0 Å². The topological polar surface area (TPSA) is 50.3 Å². The lowest BCUT2D eigenvalue weighted by molar-refractivity contribution is 0.199. The molecule has 18 heavy (non-hydrogen) atoms. The summed E-state index contributed by atoms with van der Waals surface area (Å²) in [7, 11) is 1.73. The van der Waals surface area contributed by atoms with Crippen LogP contribution in [0.2, 0.25) is 0 Å². The molecule has 2 heterocycles. The molecule has 1 aliphatic rings. The van der Waals surface area contributed by atoms with Gasteiger partial charge in [0.25, 0.3) is 0 Å². The number of anilines is 1. The fourth-order valence-electron chi connectivity index (χ4n) is 2.45. The third-order valence-corrected chi connectivity index (χ3v) is 3.37. The van der Waals surface area contributed by atoms with E-state index in [1.54, 1.807) is 19.5 Å². The molecule has 1 N–H and O–H groups in total. The van der Waals surface area contributed by atoms with Crippen LogP contribution in [0.3, 0.4) is 0 Å². The van der Waals surface area contributed by atoms with Gasteiger partial charge in [-0.1, -0.05) is 0 Å². The summed E-state index contributed by atoms with van der Waals surface area (Å²) in [4.78, 5) is 11.2. The van der Waals surface area contributed by atoms with Gasteiger partial charge in [-0.05, 0) is 19.8 Å². The van der Waals surface area contributed by atoms with Crippen LogP contribution in [0, 0.1) is 6.92 Å². The number of methoxy groups -OCH3 is 1. The van der Waals surface area contributed by atoms with E-state index in [9.17, 15) is 0 Å². The Morgan fingerprint density at radius 2 is 2.28 bits per heavy atom. The second-order valence-electron chi connectivity index (χ2n) is 4.65. The predicted molar refractivity (Wildman–Crippen MR) is 71.9 cm³/mol. The average Bonchev–Trinajstić information content (AvgIpc) is 2.83. The molecule has 0 spiro atoms. The summed E-state index contributed by atoms with van der Waals surface area (Å²) in [6.45, 7) is 5.75. The van der Waals surface area contributed by atoms with Gasteiger partial charge in [-0.2, -0.15) is 0 Å². The number of hydrogen-bond acceptors (Lipinski definition) is 5. The van der Waals surface area contributed by atoms with Gasteiger partial charge in [0.1, 0.15) is 5.82 Å². The molecule has 1 aliphatic heterocycles. The van der Waals surface area contributed by atoms with Crippen molar-refractivity contribution >= 4 is 5.82 Å². The van der Waals surface area contributed by atoms with Crippen molar-refractivity contribution in [1.29, 1.82) is 0 Å². The van der Waals surface area contributed by atoms with Crippen LogP contribution < -0.4 is 10.2 Å². The normalized spacial score (nSPS) is 19.4. The van der Waals surface area contributed by atoms with Gasteiger partial charge in [0.15, 0.2) is 0 Å². The summed E-state index contributed by atoms with van der Waals surface area (Å²) < 4.78 is 5.04. The van der Waals surface area contributed by atoms with Gasteiger partial charge in [0.05, 0.1) is 12.3 Å². The molecule has 1 atom stereocenters. The Balaban J connectivity index is 1.93. The molecule has 0 amide bonds. The minimum absolute atomic E-state index is 0.525. The largest absolute Gasteiger partial charge is 0.383 e. The molecule has 5 nitrogen and oxygen atoms in total. The van der Waals surface area contributed by atoms with Crippen LogP contribution in [-0.4, -0.2) is 49.4 Å². The van der Waals surface area contributed by atoms with Crippen LogP contribution in [0.1, 0.15) is 18.5 Å². The van der Waals surface area contributed by atoms with E-state index < -0.39 is 0 Å². The van der Waals surface area contributed by atoms with Crippen molar-refractivity contribution in [3.63, 3.8) is 0 Å². The molecule has 1 saturated heterocycles. The van der Waals surface area contributed by atoms with Crippen LogP contribution in [-0.2, 0) is 4.74 Å². The molecule has 1 fully saturated rings. The second kappa shape index (κ2) is 6.66. The summed E-state index contributed by atoms with van der Waals surface area (Å²) in [5.74, 6) is 1.04. The predicted octanol–water partition coefficient (Wildman–Crippen LogP) is 0.990. The molecular weight excluding hydrogens is 228 g/mol. The van der Waals surface area contributed by atoms with Crippen molar-refractivity contribution in [3.05, 3.63) is 18.1 Å². The molecule has 5 heteroatoms. The van der Waals surface area contributed by atoms with Crippen LogP contribution in [0.4, 0.5) is 5.82 Å². The first-order chi connectivity index (χ1) is 8.83. The zero-order valence-corrected chi connectivity index (χ0v) is 11.2. The van der Waals surface area contributed by atoms with Gasteiger partial charge in [0.2, 0.25) is 0 Å². The highest BCUT2D eigenvalue weighted by Crippen LogP contribution is 2.24. The number of aryl methyl sites for hydroxylation is 1. The number of ether oxygens (including phenoxy) is 1. The van der Waals surface area contributed by atoms with E-state index in [1.807, 2.05) is 6.92 Å². The summed E-state index contributed by atoms with van der Waals surface area (Å²) in [5, 5.41) is 3.43. The first-order valence-corrected chi connectivity index (χ1v) is 6.57. The first kappa shape index (κ1) is 13.2. The Bertz CT molecular complexity index is 372. The lowest BCUT2D eigenvalue weighted by Gasteiger charge is -2.26. The minimum atomic E-state index is 0.525. The van der Waals surface area contributed by atoms with Crippen LogP contribution in [0.25, 0.3) is 0 Å². The number of hydrogen-bond donors (Lipinski definition) is 1. The molecule has 0 aromatic carbocycles. The monoisotopic (exact) mass is 250 g/mol. The number of rotatable bonds is 6.